The van der Waals surface area contributed by atoms with Gasteiger partial charge in [-0.15, -0.1) is 0 Å². The van der Waals surface area contributed by atoms with Gasteiger partial charge in [0.05, 0.1) is 33.0 Å². The number of morpholine rings is 2. The van der Waals surface area contributed by atoms with Crippen LogP contribution in [0.15, 0.2) is 53.4 Å². The van der Waals surface area contributed by atoms with Crippen LogP contribution in [-0.4, -0.2) is 82.7 Å². The van der Waals surface area contributed by atoms with E-state index in [0.717, 1.165) is 5.56 Å². The summed E-state index contributed by atoms with van der Waals surface area (Å²) in [5, 5.41) is 3.28. The van der Waals surface area contributed by atoms with Crippen LogP contribution in [0.1, 0.15) is 18.5 Å². The van der Waals surface area contributed by atoms with E-state index in [9.17, 15) is 13.2 Å². The molecule has 1 amide bonds. The van der Waals surface area contributed by atoms with Gasteiger partial charge in [0, 0.05) is 31.9 Å². The lowest BCUT2D eigenvalue weighted by atomic mass is 10.0. The summed E-state index contributed by atoms with van der Waals surface area (Å²) in [5.74, 6) is 0.205. The van der Waals surface area contributed by atoms with E-state index in [4.69, 9.17) is 14.2 Å². The first-order valence-corrected chi connectivity index (χ1v) is 13.0. The highest BCUT2D eigenvalue weighted by atomic mass is 32.2. The van der Waals surface area contributed by atoms with Gasteiger partial charge >= 0.3 is 0 Å². The van der Waals surface area contributed by atoms with Crippen molar-refractivity contribution in [3.8, 4) is 5.75 Å². The lowest BCUT2D eigenvalue weighted by Crippen LogP contribution is -2.44. The highest BCUT2D eigenvalue weighted by Gasteiger charge is 2.31. The Balaban J connectivity index is 1.67. The Bertz CT molecular complexity index is 1070. The molecule has 4 rings (SSSR count). The van der Waals surface area contributed by atoms with Gasteiger partial charge in [-0.3, -0.25) is 4.79 Å². The normalized spacial score (nSPS) is 18.3. The second-order valence-electron chi connectivity index (χ2n) is 8.04. The average Bonchev–Trinajstić information content (AvgIpc) is 2.89. The Labute approximate surface area is 200 Å². The molecule has 0 aromatic heterocycles. The Kier molecular flexibility index (Phi) is 8.04. The molecule has 2 aliphatic rings. The largest absolute Gasteiger partial charge is 0.492 e. The number of carbonyl (C=O) groups excluding carboxylic acids is 1. The molecule has 2 saturated heterocycles. The zero-order valence-corrected chi connectivity index (χ0v) is 20.1. The minimum Gasteiger partial charge on any atom is -0.492 e. The number of anilines is 1. The van der Waals surface area contributed by atoms with Gasteiger partial charge in [0.1, 0.15) is 16.7 Å². The van der Waals surface area contributed by atoms with Crippen LogP contribution in [0.4, 0.5) is 5.69 Å². The van der Waals surface area contributed by atoms with Gasteiger partial charge in [-0.2, -0.15) is 4.31 Å². The van der Waals surface area contributed by atoms with E-state index in [1.807, 2.05) is 37.3 Å². The lowest BCUT2D eigenvalue weighted by molar-refractivity contribution is -0.136. The number of ether oxygens (including phenoxy) is 3. The van der Waals surface area contributed by atoms with Crippen LogP contribution in [0.25, 0.3) is 0 Å². The van der Waals surface area contributed by atoms with Crippen LogP contribution in [0.5, 0.6) is 5.75 Å². The summed E-state index contributed by atoms with van der Waals surface area (Å²) in [6.07, 6.45) is 0. The summed E-state index contributed by atoms with van der Waals surface area (Å²) in [6.45, 7) is 5.45. The molecule has 2 aromatic rings. The van der Waals surface area contributed by atoms with Gasteiger partial charge in [0.15, 0.2) is 0 Å². The molecule has 1 unspecified atom stereocenters. The summed E-state index contributed by atoms with van der Waals surface area (Å²) in [5.41, 5.74) is 1.32. The average molecular weight is 490 g/mol. The second-order valence-corrected chi connectivity index (χ2v) is 9.94. The van der Waals surface area contributed by atoms with Gasteiger partial charge in [-0.25, -0.2) is 8.42 Å². The molecule has 0 radical (unpaired) electrons. The third-order valence-corrected chi connectivity index (χ3v) is 7.76. The van der Waals surface area contributed by atoms with Crippen LogP contribution < -0.4 is 10.1 Å². The smallest absolute Gasteiger partial charge is 0.249 e. The van der Waals surface area contributed by atoms with E-state index in [0.29, 0.717) is 51.8 Å². The quantitative estimate of drug-likeness (QED) is 0.607. The number of hydrogen-bond donors (Lipinski definition) is 1. The number of amides is 1. The summed E-state index contributed by atoms with van der Waals surface area (Å²) >= 11 is 0. The summed E-state index contributed by atoms with van der Waals surface area (Å²) in [7, 11) is -3.80. The molecule has 10 heteroatoms. The molecule has 2 fully saturated rings. The van der Waals surface area contributed by atoms with Crippen molar-refractivity contribution in [2.24, 2.45) is 0 Å². The van der Waals surface area contributed by atoms with Crippen molar-refractivity contribution >= 4 is 21.6 Å². The summed E-state index contributed by atoms with van der Waals surface area (Å²) < 4.78 is 44.7. The topological polar surface area (TPSA) is 97.4 Å². The van der Waals surface area contributed by atoms with Crippen molar-refractivity contribution in [3.63, 3.8) is 0 Å². The molecule has 0 spiro atoms. The SMILES string of the molecule is CCOc1ccc(NC(C(=O)N2CCOCC2)c2ccccc2)cc1S(=O)(=O)N1CCOCC1. The van der Waals surface area contributed by atoms with Crippen molar-refractivity contribution < 1.29 is 27.4 Å². The van der Waals surface area contributed by atoms with Crippen LogP contribution in [0, 0.1) is 0 Å². The van der Waals surface area contributed by atoms with Gasteiger partial charge in [-0.1, -0.05) is 30.3 Å². The first kappa shape index (κ1) is 24.5. The van der Waals surface area contributed by atoms with Gasteiger partial charge < -0.3 is 24.4 Å². The number of nitrogens with one attached hydrogen (secondary N) is 1. The van der Waals surface area contributed by atoms with E-state index in [1.165, 1.54) is 4.31 Å². The molecule has 2 aliphatic heterocycles. The number of benzene rings is 2. The maximum Gasteiger partial charge on any atom is 0.249 e. The minimum absolute atomic E-state index is 0.0758. The molecule has 1 atom stereocenters. The number of carbonyl (C=O) groups is 1. The monoisotopic (exact) mass is 489 g/mol. The van der Waals surface area contributed by atoms with E-state index in [1.54, 1.807) is 23.1 Å². The van der Waals surface area contributed by atoms with Crippen molar-refractivity contribution in [2.75, 3.05) is 64.5 Å². The Morgan fingerprint density at radius 1 is 1.00 bits per heavy atom. The fourth-order valence-corrected chi connectivity index (χ4v) is 5.63. The first-order chi connectivity index (χ1) is 16.5. The predicted molar refractivity (Wildman–Crippen MR) is 127 cm³/mol. The van der Waals surface area contributed by atoms with Crippen LogP contribution >= 0.6 is 0 Å². The van der Waals surface area contributed by atoms with E-state index in [2.05, 4.69) is 5.32 Å². The van der Waals surface area contributed by atoms with Crippen molar-refractivity contribution in [1.29, 1.82) is 0 Å². The molecule has 9 nitrogen and oxygen atoms in total. The highest BCUT2D eigenvalue weighted by molar-refractivity contribution is 7.89. The zero-order chi connectivity index (χ0) is 24.0. The maximum atomic E-state index is 13.4. The van der Waals surface area contributed by atoms with Crippen molar-refractivity contribution in [3.05, 3.63) is 54.1 Å². The number of nitrogens with zero attached hydrogens (tertiary/aromatic N) is 2. The molecule has 0 saturated carbocycles. The zero-order valence-electron chi connectivity index (χ0n) is 19.3. The third-order valence-electron chi connectivity index (χ3n) is 5.85. The standard InChI is InChI=1S/C24H31N3O6S/c1-2-33-21-9-8-20(18-22(21)34(29,30)27-12-16-32-17-13-27)25-23(19-6-4-3-5-7-19)24(28)26-10-14-31-15-11-26/h3-9,18,23,25H,2,10-17H2,1H3. The van der Waals surface area contributed by atoms with Gasteiger partial charge in [0.2, 0.25) is 15.9 Å². The Hall–Kier alpha value is -2.66. The fraction of sp³-hybridized carbons (Fsp3) is 0.458. The number of rotatable bonds is 8. The molecule has 2 aromatic carbocycles. The molecular formula is C24H31N3O6S. The Morgan fingerprint density at radius 2 is 1.65 bits per heavy atom. The number of hydrogen-bond acceptors (Lipinski definition) is 7. The van der Waals surface area contributed by atoms with E-state index >= 15 is 0 Å². The molecule has 1 N–H and O–H groups in total. The molecule has 34 heavy (non-hydrogen) atoms. The highest BCUT2D eigenvalue weighted by Crippen LogP contribution is 2.32. The summed E-state index contributed by atoms with van der Waals surface area (Å²) in [6, 6.07) is 13.7. The second kappa shape index (κ2) is 11.2. The van der Waals surface area contributed by atoms with Crippen molar-refractivity contribution in [2.45, 2.75) is 17.9 Å². The third kappa shape index (κ3) is 5.52. The number of sulfonamides is 1. The predicted octanol–water partition coefficient (Wildman–Crippen LogP) is 2.12. The summed E-state index contributed by atoms with van der Waals surface area (Å²) in [4.78, 5) is 15.3. The van der Waals surface area contributed by atoms with Crippen LogP contribution in [0.2, 0.25) is 0 Å². The molecule has 0 bridgehead atoms. The van der Waals surface area contributed by atoms with Gasteiger partial charge in [0.25, 0.3) is 0 Å². The van der Waals surface area contributed by atoms with Gasteiger partial charge in [-0.05, 0) is 30.7 Å². The first-order valence-electron chi connectivity index (χ1n) is 11.5. The Morgan fingerprint density at radius 3 is 2.29 bits per heavy atom. The molecule has 2 heterocycles. The van der Waals surface area contributed by atoms with E-state index < -0.39 is 16.1 Å². The molecule has 0 aliphatic carbocycles. The van der Waals surface area contributed by atoms with Crippen LogP contribution in [-0.2, 0) is 24.3 Å². The fourth-order valence-electron chi connectivity index (χ4n) is 4.07. The van der Waals surface area contributed by atoms with Crippen LogP contribution in [0.3, 0.4) is 0 Å². The molecule has 184 valence electrons. The van der Waals surface area contributed by atoms with E-state index in [-0.39, 0.29) is 29.6 Å². The van der Waals surface area contributed by atoms with Crippen molar-refractivity contribution in [1.82, 2.24) is 9.21 Å². The maximum absolute atomic E-state index is 13.4. The lowest BCUT2D eigenvalue weighted by Gasteiger charge is -2.31. The minimum atomic E-state index is -3.80. The molecular weight excluding hydrogens is 458 g/mol.